The van der Waals surface area contributed by atoms with Crippen molar-refractivity contribution in [2.45, 2.75) is 11.3 Å². The number of aromatic nitrogens is 1. The first-order chi connectivity index (χ1) is 4.33. The molecule has 0 aliphatic heterocycles. The van der Waals surface area contributed by atoms with E-state index in [-0.39, 0.29) is 0 Å². The largest absolute Gasteiger partial charge is 0.261 e. The zero-order valence-electron chi connectivity index (χ0n) is 5.04. The van der Waals surface area contributed by atoms with Crippen molar-refractivity contribution in [2.24, 2.45) is 0 Å². The normalized spacial score (nSPS) is 9.56. The molecule has 1 radical (unpaired) electrons. The minimum Gasteiger partial charge on any atom is -0.261 e. The average Bonchev–Trinajstić information content (AvgIpc) is 1.88. The molecule has 1 rings (SSSR count). The van der Waals surface area contributed by atoms with Gasteiger partial charge in [-0.15, -0.1) is 12.6 Å². The molecule has 1 aromatic rings. The van der Waals surface area contributed by atoms with Crippen molar-refractivity contribution < 1.29 is 0 Å². The zero-order chi connectivity index (χ0) is 6.69. The molecule has 0 aliphatic carbocycles. The maximum Gasteiger partial charge on any atom is 0.0414 e. The highest BCUT2D eigenvalue weighted by atomic mass is 32.1. The van der Waals surface area contributed by atoms with Crippen LogP contribution in [0.1, 0.15) is 5.69 Å². The summed E-state index contributed by atoms with van der Waals surface area (Å²) in [5.74, 6) is 0. The Labute approximate surface area is 60.5 Å². The van der Waals surface area contributed by atoms with Gasteiger partial charge in [0, 0.05) is 16.8 Å². The Morgan fingerprint density at radius 3 is 2.89 bits per heavy atom. The van der Waals surface area contributed by atoms with Crippen LogP contribution >= 0.6 is 12.6 Å². The maximum absolute atomic E-state index is 4.14. The summed E-state index contributed by atoms with van der Waals surface area (Å²) >= 11 is 4.14. The van der Waals surface area contributed by atoms with Gasteiger partial charge in [-0.1, -0.05) is 0 Å². The predicted molar refractivity (Wildman–Crippen MR) is 40.6 cm³/mol. The fraction of sp³-hybridized carbons (Fsp3) is 0.143. The Balaban J connectivity index is 2.94. The first-order valence-electron chi connectivity index (χ1n) is 2.76. The van der Waals surface area contributed by atoms with E-state index in [0.29, 0.717) is 0 Å². The van der Waals surface area contributed by atoms with E-state index in [1.54, 1.807) is 6.20 Å². The van der Waals surface area contributed by atoms with E-state index in [4.69, 9.17) is 0 Å². The van der Waals surface area contributed by atoms with Gasteiger partial charge in [-0.05, 0) is 25.5 Å². The molecule has 47 valence electrons. The Kier molecular flexibility index (Phi) is 2.11. The smallest absolute Gasteiger partial charge is 0.0414 e. The van der Waals surface area contributed by atoms with Crippen molar-refractivity contribution in [3.63, 3.8) is 0 Å². The highest BCUT2D eigenvalue weighted by Crippen LogP contribution is 2.05. The number of rotatable bonds is 1. The second kappa shape index (κ2) is 2.87. The van der Waals surface area contributed by atoms with Crippen molar-refractivity contribution >= 4 is 12.6 Å². The minimum absolute atomic E-state index is 0.731. The van der Waals surface area contributed by atoms with Crippen LogP contribution in [0.25, 0.3) is 0 Å². The number of pyridine rings is 1. The van der Waals surface area contributed by atoms with Crippen LogP contribution < -0.4 is 0 Å². The van der Waals surface area contributed by atoms with E-state index in [0.717, 1.165) is 17.0 Å². The lowest BCUT2D eigenvalue weighted by Crippen LogP contribution is -1.83. The summed E-state index contributed by atoms with van der Waals surface area (Å²) < 4.78 is 0. The van der Waals surface area contributed by atoms with Crippen molar-refractivity contribution in [3.05, 3.63) is 30.9 Å². The van der Waals surface area contributed by atoms with Crippen LogP contribution in [-0.4, -0.2) is 4.98 Å². The molecule has 0 fully saturated rings. The molecule has 0 spiro atoms. The standard InChI is InChI=1S/C7H8NS/c1-2-6-5-7(9)3-4-8-6/h3-5H,1-2H2,(H,8,9). The average molecular weight is 138 g/mol. The van der Waals surface area contributed by atoms with Gasteiger partial charge in [0.2, 0.25) is 0 Å². The molecular formula is C7H8NS. The summed E-state index contributed by atoms with van der Waals surface area (Å²) in [6.45, 7) is 3.70. The zero-order valence-corrected chi connectivity index (χ0v) is 5.94. The van der Waals surface area contributed by atoms with Crippen LogP contribution in [0.5, 0.6) is 0 Å². The highest BCUT2D eigenvalue weighted by molar-refractivity contribution is 7.80. The molecule has 2 heteroatoms. The van der Waals surface area contributed by atoms with Crippen LogP contribution in [0.15, 0.2) is 23.2 Å². The molecule has 0 aromatic carbocycles. The SMILES string of the molecule is [CH2]Cc1cc(S)ccn1. The van der Waals surface area contributed by atoms with Gasteiger partial charge in [0.1, 0.15) is 0 Å². The fourth-order valence-corrected chi connectivity index (χ4v) is 0.818. The molecule has 0 bridgehead atoms. The maximum atomic E-state index is 4.14. The summed E-state index contributed by atoms with van der Waals surface area (Å²) in [5, 5.41) is 0. The van der Waals surface area contributed by atoms with Gasteiger partial charge in [-0.2, -0.15) is 0 Å². The van der Waals surface area contributed by atoms with Crippen molar-refractivity contribution in [1.29, 1.82) is 0 Å². The third kappa shape index (κ3) is 1.72. The summed E-state index contributed by atoms with van der Waals surface area (Å²) in [5.41, 5.74) is 0.988. The van der Waals surface area contributed by atoms with Crippen LogP contribution in [0.2, 0.25) is 0 Å². The van der Waals surface area contributed by atoms with Crippen molar-refractivity contribution in [2.75, 3.05) is 0 Å². The molecule has 0 atom stereocenters. The third-order valence-corrected chi connectivity index (χ3v) is 1.33. The molecule has 1 heterocycles. The molecule has 1 nitrogen and oxygen atoms in total. The van der Waals surface area contributed by atoms with Gasteiger partial charge in [0.05, 0.1) is 0 Å². The molecule has 9 heavy (non-hydrogen) atoms. The third-order valence-electron chi connectivity index (χ3n) is 1.06. The molecule has 0 unspecified atom stereocenters. The van der Waals surface area contributed by atoms with Gasteiger partial charge in [0.15, 0.2) is 0 Å². The quantitative estimate of drug-likeness (QED) is 0.583. The Hall–Kier alpha value is -0.500. The van der Waals surface area contributed by atoms with E-state index in [9.17, 15) is 0 Å². The van der Waals surface area contributed by atoms with Gasteiger partial charge in [-0.25, -0.2) is 0 Å². The predicted octanol–water partition coefficient (Wildman–Crippen LogP) is 1.75. The summed E-state index contributed by atoms with van der Waals surface area (Å²) in [4.78, 5) is 4.99. The first kappa shape index (κ1) is 6.62. The Morgan fingerprint density at radius 2 is 2.44 bits per heavy atom. The van der Waals surface area contributed by atoms with E-state index in [2.05, 4.69) is 24.5 Å². The van der Waals surface area contributed by atoms with Gasteiger partial charge >= 0.3 is 0 Å². The Morgan fingerprint density at radius 1 is 1.67 bits per heavy atom. The molecule has 0 saturated heterocycles. The summed E-state index contributed by atoms with van der Waals surface area (Å²) in [7, 11) is 0. The van der Waals surface area contributed by atoms with Crippen LogP contribution in [-0.2, 0) is 6.42 Å². The van der Waals surface area contributed by atoms with Crippen LogP contribution in [0.4, 0.5) is 0 Å². The lowest BCUT2D eigenvalue weighted by molar-refractivity contribution is 1.08. The number of thiol groups is 1. The van der Waals surface area contributed by atoms with E-state index < -0.39 is 0 Å². The van der Waals surface area contributed by atoms with E-state index >= 15 is 0 Å². The second-order valence-electron chi connectivity index (χ2n) is 1.76. The Bertz CT molecular complexity index is 198. The first-order valence-corrected chi connectivity index (χ1v) is 3.21. The number of hydrogen-bond acceptors (Lipinski definition) is 2. The lowest BCUT2D eigenvalue weighted by Gasteiger charge is -1.93. The monoisotopic (exact) mass is 138 g/mol. The molecule has 0 aliphatic rings. The van der Waals surface area contributed by atoms with Crippen molar-refractivity contribution in [3.8, 4) is 0 Å². The van der Waals surface area contributed by atoms with Crippen molar-refractivity contribution in [1.82, 2.24) is 4.98 Å². The summed E-state index contributed by atoms with van der Waals surface area (Å²) in [6.07, 6.45) is 2.47. The minimum atomic E-state index is 0.731. The van der Waals surface area contributed by atoms with Gasteiger partial charge in [0.25, 0.3) is 0 Å². The molecular weight excluding hydrogens is 130 g/mol. The summed E-state index contributed by atoms with van der Waals surface area (Å²) in [6, 6.07) is 3.76. The van der Waals surface area contributed by atoms with E-state index in [1.807, 2.05) is 12.1 Å². The van der Waals surface area contributed by atoms with Gasteiger partial charge in [-0.3, -0.25) is 4.98 Å². The van der Waals surface area contributed by atoms with E-state index in [1.165, 1.54) is 0 Å². The van der Waals surface area contributed by atoms with Crippen LogP contribution in [0, 0.1) is 6.92 Å². The topological polar surface area (TPSA) is 12.9 Å². The molecule has 1 aromatic heterocycles. The second-order valence-corrected chi connectivity index (χ2v) is 2.27. The molecule has 0 saturated carbocycles. The van der Waals surface area contributed by atoms with Crippen LogP contribution in [0.3, 0.4) is 0 Å². The highest BCUT2D eigenvalue weighted by Gasteiger charge is 1.88. The van der Waals surface area contributed by atoms with Gasteiger partial charge < -0.3 is 0 Å². The number of hydrogen-bond donors (Lipinski definition) is 1. The fourth-order valence-electron chi connectivity index (χ4n) is 0.602. The molecule has 0 amide bonds. The molecule has 0 N–H and O–H groups in total. The number of nitrogens with zero attached hydrogens (tertiary/aromatic N) is 1. The lowest BCUT2D eigenvalue weighted by atomic mass is 10.3.